The minimum atomic E-state index is -0.0747. The lowest BCUT2D eigenvalue weighted by Gasteiger charge is -2.35. The van der Waals surface area contributed by atoms with Crippen molar-refractivity contribution >= 4 is 17.7 Å². The van der Waals surface area contributed by atoms with E-state index in [4.69, 9.17) is 0 Å². The summed E-state index contributed by atoms with van der Waals surface area (Å²) < 4.78 is 1.95. The number of rotatable bonds is 4. The van der Waals surface area contributed by atoms with Gasteiger partial charge in [-0.15, -0.1) is 0 Å². The molecule has 1 saturated heterocycles. The van der Waals surface area contributed by atoms with Crippen LogP contribution in [0.4, 0.5) is 0 Å². The molecule has 0 bridgehead atoms. The molecule has 2 heterocycles. The fourth-order valence-corrected chi connectivity index (χ4v) is 3.13. The summed E-state index contributed by atoms with van der Waals surface area (Å²) in [6, 6.07) is 0. The van der Waals surface area contributed by atoms with Crippen molar-refractivity contribution in [2.24, 2.45) is 7.05 Å². The molecule has 0 radical (unpaired) electrons. The van der Waals surface area contributed by atoms with Gasteiger partial charge in [-0.05, 0) is 13.5 Å². The molecule has 0 aliphatic carbocycles. The normalized spacial score (nSPS) is 18.6. The van der Waals surface area contributed by atoms with E-state index in [9.17, 15) is 4.79 Å². The predicted octanol–water partition coefficient (Wildman–Crippen LogP) is 1.06. The van der Waals surface area contributed by atoms with Gasteiger partial charge in [0.15, 0.2) is 5.16 Å². The highest BCUT2D eigenvalue weighted by Crippen LogP contribution is 2.22. The van der Waals surface area contributed by atoms with E-state index in [1.807, 2.05) is 29.6 Å². The number of thioether (sulfide) groups is 1. The summed E-state index contributed by atoms with van der Waals surface area (Å²) in [6.07, 6.45) is 3.67. The van der Waals surface area contributed by atoms with Crippen molar-refractivity contribution in [3.8, 4) is 0 Å². The van der Waals surface area contributed by atoms with E-state index in [1.165, 1.54) is 11.8 Å². The van der Waals surface area contributed by atoms with E-state index >= 15 is 0 Å². The van der Waals surface area contributed by atoms with Crippen LogP contribution >= 0.6 is 11.8 Å². The highest BCUT2D eigenvalue weighted by molar-refractivity contribution is 8.00. The first-order valence-corrected chi connectivity index (χ1v) is 7.65. The van der Waals surface area contributed by atoms with Gasteiger partial charge < -0.3 is 14.4 Å². The largest absolute Gasteiger partial charge is 0.339 e. The van der Waals surface area contributed by atoms with E-state index in [0.29, 0.717) is 0 Å². The molecule has 6 heteroatoms. The van der Waals surface area contributed by atoms with Crippen LogP contribution < -0.4 is 0 Å². The molecule has 0 aromatic carbocycles. The van der Waals surface area contributed by atoms with Crippen molar-refractivity contribution in [1.82, 2.24) is 19.4 Å². The maximum absolute atomic E-state index is 12.4. The first-order chi connectivity index (χ1) is 9.11. The molecule has 0 saturated carbocycles. The second-order valence-corrected chi connectivity index (χ2v) is 6.15. The summed E-state index contributed by atoms with van der Waals surface area (Å²) in [6.45, 7) is 8.87. The van der Waals surface area contributed by atoms with Gasteiger partial charge in [-0.2, -0.15) is 0 Å². The van der Waals surface area contributed by atoms with Gasteiger partial charge in [0.05, 0.1) is 5.25 Å². The number of imidazole rings is 1. The number of nitrogens with zero attached hydrogens (tertiary/aromatic N) is 4. The number of likely N-dealkylation sites (N-methyl/N-ethyl adjacent to an activating group) is 1. The molecule has 1 amide bonds. The Labute approximate surface area is 119 Å². The van der Waals surface area contributed by atoms with Crippen LogP contribution in [0.3, 0.4) is 0 Å². The Morgan fingerprint density at radius 3 is 2.63 bits per heavy atom. The lowest BCUT2D eigenvalue weighted by atomic mass is 10.3. The maximum Gasteiger partial charge on any atom is 0.235 e. The molecule has 1 aliphatic heterocycles. The zero-order valence-corrected chi connectivity index (χ0v) is 12.7. The van der Waals surface area contributed by atoms with Crippen LogP contribution in [-0.2, 0) is 11.8 Å². The quantitative estimate of drug-likeness (QED) is 0.775. The Kier molecular flexibility index (Phi) is 4.87. The van der Waals surface area contributed by atoms with E-state index < -0.39 is 0 Å². The first-order valence-electron chi connectivity index (χ1n) is 6.77. The lowest BCUT2D eigenvalue weighted by molar-refractivity contribution is -0.132. The molecule has 2 rings (SSSR count). The molecule has 1 aromatic rings. The molecule has 19 heavy (non-hydrogen) atoms. The van der Waals surface area contributed by atoms with Crippen molar-refractivity contribution < 1.29 is 4.79 Å². The third kappa shape index (κ3) is 3.51. The molecule has 1 aromatic heterocycles. The number of piperazine rings is 1. The van der Waals surface area contributed by atoms with Crippen LogP contribution in [-0.4, -0.2) is 63.2 Å². The molecule has 1 aliphatic rings. The zero-order chi connectivity index (χ0) is 13.8. The topological polar surface area (TPSA) is 41.4 Å². The Morgan fingerprint density at radius 1 is 1.42 bits per heavy atom. The van der Waals surface area contributed by atoms with E-state index in [-0.39, 0.29) is 11.2 Å². The summed E-state index contributed by atoms with van der Waals surface area (Å²) in [5, 5.41) is 0.822. The molecular formula is C13H22N4OS. The number of carbonyl (C=O) groups excluding carboxylic acids is 1. The van der Waals surface area contributed by atoms with Crippen LogP contribution in [0, 0.1) is 0 Å². The van der Waals surface area contributed by atoms with Gasteiger partial charge in [0.1, 0.15) is 0 Å². The van der Waals surface area contributed by atoms with Crippen LogP contribution in [0.2, 0.25) is 0 Å². The molecule has 1 unspecified atom stereocenters. The van der Waals surface area contributed by atoms with Crippen LogP contribution in [0.1, 0.15) is 13.8 Å². The molecule has 5 nitrogen and oxygen atoms in total. The second kappa shape index (κ2) is 6.43. The Balaban J connectivity index is 1.88. The monoisotopic (exact) mass is 282 g/mol. The lowest BCUT2D eigenvalue weighted by Crippen LogP contribution is -2.50. The molecule has 0 N–H and O–H groups in total. The summed E-state index contributed by atoms with van der Waals surface area (Å²) in [5.41, 5.74) is 0. The molecule has 1 fully saturated rings. The standard InChI is InChI=1S/C13H22N4OS/c1-4-16-7-9-17(10-8-16)12(18)11(2)19-13-14-5-6-15(13)3/h5-6,11H,4,7-10H2,1-3H3. The summed E-state index contributed by atoms with van der Waals surface area (Å²) in [5.74, 6) is 0.226. The third-order valence-corrected chi connectivity index (χ3v) is 4.70. The van der Waals surface area contributed by atoms with Gasteiger partial charge in [-0.1, -0.05) is 18.7 Å². The number of hydrogen-bond donors (Lipinski definition) is 0. The zero-order valence-electron chi connectivity index (χ0n) is 11.9. The van der Waals surface area contributed by atoms with Gasteiger partial charge in [-0.3, -0.25) is 4.79 Å². The predicted molar refractivity (Wildman–Crippen MR) is 77.2 cm³/mol. The van der Waals surface area contributed by atoms with Crippen molar-refractivity contribution in [2.75, 3.05) is 32.7 Å². The van der Waals surface area contributed by atoms with Gasteiger partial charge >= 0.3 is 0 Å². The highest BCUT2D eigenvalue weighted by atomic mass is 32.2. The Hall–Kier alpha value is -1.01. The van der Waals surface area contributed by atoms with Crippen LogP contribution in [0.25, 0.3) is 0 Å². The molecular weight excluding hydrogens is 260 g/mol. The highest BCUT2D eigenvalue weighted by Gasteiger charge is 2.25. The molecule has 106 valence electrons. The van der Waals surface area contributed by atoms with Gasteiger partial charge in [-0.25, -0.2) is 4.98 Å². The van der Waals surface area contributed by atoms with Gasteiger partial charge in [0, 0.05) is 45.6 Å². The number of hydrogen-bond acceptors (Lipinski definition) is 4. The average Bonchev–Trinajstić information content (AvgIpc) is 2.83. The Morgan fingerprint density at radius 2 is 2.11 bits per heavy atom. The number of aryl methyl sites for hydroxylation is 1. The summed E-state index contributed by atoms with van der Waals surface area (Å²) in [4.78, 5) is 21.0. The number of carbonyl (C=O) groups is 1. The fourth-order valence-electron chi connectivity index (χ4n) is 2.22. The summed E-state index contributed by atoms with van der Waals surface area (Å²) >= 11 is 1.53. The van der Waals surface area contributed by atoms with Crippen molar-refractivity contribution in [2.45, 2.75) is 24.3 Å². The van der Waals surface area contributed by atoms with Gasteiger partial charge in [0.25, 0.3) is 0 Å². The smallest absolute Gasteiger partial charge is 0.235 e. The van der Waals surface area contributed by atoms with Crippen molar-refractivity contribution in [1.29, 1.82) is 0 Å². The third-order valence-electron chi connectivity index (χ3n) is 3.54. The van der Waals surface area contributed by atoms with Crippen molar-refractivity contribution in [3.05, 3.63) is 12.4 Å². The van der Waals surface area contributed by atoms with E-state index in [2.05, 4.69) is 16.8 Å². The first kappa shape index (κ1) is 14.4. The summed E-state index contributed by atoms with van der Waals surface area (Å²) in [7, 11) is 1.95. The van der Waals surface area contributed by atoms with E-state index in [0.717, 1.165) is 37.9 Å². The minimum Gasteiger partial charge on any atom is -0.339 e. The average molecular weight is 282 g/mol. The second-order valence-electron chi connectivity index (χ2n) is 4.84. The number of amides is 1. The fraction of sp³-hybridized carbons (Fsp3) is 0.692. The maximum atomic E-state index is 12.4. The van der Waals surface area contributed by atoms with E-state index in [1.54, 1.807) is 6.20 Å². The van der Waals surface area contributed by atoms with Crippen LogP contribution in [0.5, 0.6) is 0 Å². The van der Waals surface area contributed by atoms with Crippen molar-refractivity contribution in [3.63, 3.8) is 0 Å². The Bertz CT molecular complexity index is 426. The van der Waals surface area contributed by atoms with Crippen LogP contribution in [0.15, 0.2) is 17.6 Å². The molecule has 0 spiro atoms. The minimum absolute atomic E-state index is 0.0747. The van der Waals surface area contributed by atoms with Gasteiger partial charge in [0.2, 0.25) is 5.91 Å². The number of aromatic nitrogens is 2. The SMILES string of the molecule is CCN1CCN(C(=O)C(C)Sc2nccn2C)CC1. The molecule has 1 atom stereocenters.